The SMILES string of the molecule is C1=CC([S+]2c3ccccc3[I-]c3ccccc32)=CI=C1. The van der Waals surface area contributed by atoms with E-state index in [4.69, 9.17) is 0 Å². The standard InChI is InChI=1S/C17H12I2S/c1-3-9-16-14(7-1)19-15-8-2-4-10-17(15)20(16)13-6-5-11-18-12-13/h1-12H. The van der Waals surface area contributed by atoms with Crippen molar-refractivity contribution in [1.29, 1.82) is 0 Å². The quantitative estimate of drug-likeness (QED) is 0.409. The summed E-state index contributed by atoms with van der Waals surface area (Å²) in [6.07, 6.45) is 4.58. The van der Waals surface area contributed by atoms with Crippen LogP contribution in [0.1, 0.15) is 0 Å². The molecule has 0 amide bonds. The molecule has 0 spiro atoms. The minimum atomic E-state index is -0.0177. The first-order chi connectivity index (χ1) is 9.93. The van der Waals surface area contributed by atoms with Crippen molar-refractivity contribution >= 4 is 35.6 Å². The first-order valence-electron chi connectivity index (χ1n) is 6.33. The Hall–Kier alpha value is -0.400. The normalized spacial score (nSPS) is 17.3. The number of fused-ring (bicyclic) bond motifs is 2. The summed E-state index contributed by atoms with van der Waals surface area (Å²) in [6, 6.07) is 18.2. The molecule has 2 aliphatic rings. The molecule has 0 nitrogen and oxygen atoms in total. The molecule has 2 aromatic carbocycles. The van der Waals surface area contributed by atoms with Gasteiger partial charge in [-0.3, -0.25) is 0 Å². The molecule has 0 fully saturated rings. The van der Waals surface area contributed by atoms with Crippen molar-refractivity contribution in [1.82, 2.24) is 0 Å². The molecule has 4 rings (SSSR count). The second kappa shape index (κ2) is 5.77. The number of allylic oxidation sites excluding steroid dienone is 2. The molecular formula is C17H12I2S. The number of benzene rings is 2. The van der Waals surface area contributed by atoms with Crippen LogP contribution in [0.2, 0.25) is 0 Å². The van der Waals surface area contributed by atoms with E-state index in [9.17, 15) is 0 Å². The van der Waals surface area contributed by atoms with E-state index < -0.39 is 0 Å². The number of rotatable bonds is 1. The Morgan fingerprint density at radius 3 is 2.10 bits per heavy atom. The Morgan fingerprint density at radius 2 is 1.50 bits per heavy atom. The maximum atomic E-state index is 2.50. The summed E-state index contributed by atoms with van der Waals surface area (Å²) < 4.78 is 8.05. The van der Waals surface area contributed by atoms with Crippen LogP contribution in [-0.4, -0.2) is 4.01 Å². The van der Waals surface area contributed by atoms with Gasteiger partial charge in [-0.1, -0.05) is 0 Å². The van der Waals surface area contributed by atoms with Gasteiger partial charge in [-0.15, -0.1) is 0 Å². The molecule has 2 aromatic rings. The molecule has 0 radical (unpaired) electrons. The maximum absolute atomic E-state index is 2.50. The Kier molecular flexibility index (Phi) is 3.83. The zero-order chi connectivity index (χ0) is 13.4. The van der Waals surface area contributed by atoms with Gasteiger partial charge in [-0.2, -0.15) is 0 Å². The fourth-order valence-corrected chi connectivity index (χ4v) is 10.7. The van der Waals surface area contributed by atoms with Gasteiger partial charge in [0.1, 0.15) is 0 Å². The van der Waals surface area contributed by atoms with Crippen molar-refractivity contribution in [2.75, 3.05) is 0 Å². The van der Waals surface area contributed by atoms with Crippen molar-refractivity contribution in [3.8, 4) is 0 Å². The van der Waals surface area contributed by atoms with Gasteiger partial charge in [0, 0.05) is 0 Å². The third kappa shape index (κ3) is 2.33. The summed E-state index contributed by atoms with van der Waals surface area (Å²) in [5.74, 6) is 0. The van der Waals surface area contributed by atoms with Crippen LogP contribution in [0, 0.1) is 7.14 Å². The Morgan fingerprint density at radius 1 is 0.850 bits per heavy atom. The fourth-order valence-electron chi connectivity index (χ4n) is 2.28. The van der Waals surface area contributed by atoms with Crippen molar-refractivity contribution in [3.05, 3.63) is 76.8 Å². The van der Waals surface area contributed by atoms with E-state index in [1.54, 1.807) is 16.9 Å². The van der Waals surface area contributed by atoms with E-state index in [-0.39, 0.29) is 52.8 Å². The molecule has 0 aromatic heterocycles. The van der Waals surface area contributed by atoms with Gasteiger partial charge in [-0.05, 0) is 0 Å². The van der Waals surface area contributed by atoms with Gasteiger partial charge in [0.2, 0.25) is 0 Å². The van der Waals surface area contributed by atoms with Crippen molar-refractivity contribution in [2.24, 2.45) is 0 Å². The van der Waals surface area contributed by atoms with Crippen LogP contribution in [0.15, 0.2) is 79.5 Å². The molecule has 0 aliphatic carbocycles. The topological polar surface area (TPSA) is 0 Å². The van der Waals surface area contributed by atoms with Gasteiger partial charge >= 0.3 is 143 Å². The Bertz CT molecular complexity index is 714. The summed E-state index contributed by atoms with van der Waals surface area (Å²) in [5, 5.41) is 0. The predicted molar refractivity (Wildman–Crippen MR) is 91.5 cm³/mol. The molecule has 0 saturated carbocycles. The Labute approximate surface area is 142 Å². The molecule has 0 saturated heterocycles. The molecule has 0 N–H and O–H groups in total. The van der Waals surface area contributed by atoms with Crippen LogP contribution in [0.25, 0.3) is 0 Å². The molecule has 20 heavy (non-hydrogen) atoms. The Balaban J connectivity index is 1.95. The molecule has 100 valence electrons. The first kappa shape index (κ1) is 13.3. The molecule has 0 bridgehead atoms. The molecule has 0 atom stereocenters. The van der Waals surface area contributed by atoms with Crippen LogP contribution in [0.5, 0.6) is 0 Å². The van der Waals surface area contributed by atoms with Gasteiger partial charge < -0.3 is 0 Å². The molecule has 2 aliphatic heterocycles. The summed E-state index contributed by atoms with van der Waals surface area (Å²) >= 11 is 0.0910. The van der Waals surface area contributed by atoms with E-state index in [0.717, 1.165) is 0 Å². The van der Waals surface area contributed by atoms with Gasteiger partial charge in [0.25, 0.3) is 0 Å². The third-order valence-electron chi connectivity index (χ3n) is 3.13. The molecule has 0 unspecified atom stereocenters. The van der Waals surface area contributed by atoms with Gasteiger partial charge in [0.05, 0.1) is 0 Å². The predicted octanol–water partition coefficient (Wildman–Crippen LogP) is 1.35. The minimum absolute atomic E-state index is 0.0177. The van der Waals surface area contributed by atoms with Crippen LogP contribution in [-0.2, 0) is 10.9 Å². The van der Waals surface area contributed by atoms with E-state index in [1.807, 2.05) is 0 Å². The zero-order valence-electron chi connectivity index (χ0n) is 10.6. The first-order valence-corrected chi connectivity index (χ1v) is 12.2. The van der Waals surface area contributed by atoms with E-state index in [1.165, 1.54) is 4.91 Å². The van der Waals surface area contributed by atoms with Gasteiger partial charge in [-0.25, -0.2) is 0 Å². The van der Waals surface area contributed by atoms with Crippen molar-refractivity contribution in [2.45, 2.75) is 9.79 Å². The van der Waals surface area contributed by atoms with Crippen LogP contribution in [0.3, 0.4) is 0 Å². The number of halogens is 2. The van der Waals surface area contributed by atoms with E-state index >= 15 is 0 Å². The second-order valence-electron chi connectivity index (χ2n) is 4.38. The zero-order valence-corrected chi connectivity index (χ0v) is 15.7. The van der Waals surface area contributed by atoms with Crippen LogP contribution >= 0.6 is 20.7 Å². The average Bonchev–Trinajstić information content (AvgIpc) is 2.53. The molecular weight excluding hydrogens is 490 g/mol. The van der Waals surface area contributed by atoms with Crippen molar-refractivity contribution < 1.29 is 21.2 Å². The van der Waals surface area contributed by atoms with E-state index in [0.29, 0.717) is 0 Å². The summed E-state index contributed by atoms with van der Waals surface area (Å²) in [7, 11) is 0.128. The second-order valence-corrected chi connectivity index (χ2v) is 11.3. The summed E-state index contributed by atoms with van der Waals surface area (Å²) in [4.78, 5) is 4.67. The molecule has 3 heteroatoms. The van der Waals surface area contributed by atoms with Gasteiger partial charge in [0.15, 0.2) is 0 Å². The average molecular weight is 502 g/mol. The van der Waals surface area contributed by atoms with Crippen molar-refractivity contribution in [3.63, 3.8) is 0 Å². The number of hydrogen-bond acceptors (Lipinski definition) is 0. The summed E-state index contributed by atoms with van der Waals surface area (Å²) in [6.45, 7) is 0. The fraction of sp³-hybridized carbons (Fsp3) is 0. The molecule has 2 heterocycles. The van der Waals surface area contributed by atoms with E-state index in [2.05, 4.69) is 68.8 Å². The monoisotopic (exact) mass is 502 g/mol. The van der Waals surface area contributed by atoms with Crippen LogP contribution in [0.4, 0.5) is 0 Å². The third-order valence-corrected chi connectivity index (χ3v) is 11.5. The summed E-state index contributed by atoms with van der Waals surface area (Å²) in [5.41, 5.74) is 0. The van der Waals surface area contributed by atoms with Crippen LogP contribution < -0.4 is 21.2 Å². The number of hydrogen-bond donors (Lipinski definition) is 0.